The monoisotopic (exact) mass is 421 g/mol. The average Bonchev–Trinajstić information content (AvgIpc) is 3.28. The molecule has 0 bridgehead atoms. The van der Waals surface area contributed by atoms with Crippen molar-refractivity contribution < 1.29 is 22.7 Å². The Morgan fingerprint density at radius 2 is 1.93 bits per heavy atom. The van der Waals surface area contributed by atoms with E-state index in [1.807, 2.05) is 12.1 Å². The van der Waals surface area contributed by atoms with Crippen molar-refractivity contribution in [1.82, 2.24) is 0 Å². The van der Waals surface area contributed by atoms with Gasteiger partial charge in [0, 0.05) is 18.0 Å². The standard InChI is InChI=1S/C20H18F3N3O2S/c1-13-17(12-16-5-6-18(29-16)25-7-9-28-10-8-25)19(27)26(24-13)15-4-2-3-14(11-15)20(21,22)23/h2-6,11-12H,7-10H2,1H3/b17-12-. The lowest BCUT2D eigenvalue weighted by molar-refractivity contribution is -0.137. The molecule has 0 spiro atoms. The fourth-order valence-corrected chi connectivity index (χ4v) is 4.19. The number of ether oxygens (including phenoxy) is 1. The molecular formula is C20H18F3N3O2S. The van der Waals surface area contributed by atoms with Crippen molar-refractivity contribution in [3.63, 3.8) is 0 Å². The largest absolute Gasteiger partial charge is 0.416 e. The minimum Gasteiger partial charge on any atom is -0.378 e. The summed E-state index contributed by atoms with van der Waals surface area (Å²) in [6, 6.07) is 8.53. The Bertz CT molecular complexity index is 991. The van der Waals surface area contributed by atoms with E-state index in [9.17, 15) is 18.0 Å². The van der Waals surface area contributed by atoms with Gasteiger partial charge < -0.3 is 9.64 Å². The number of carbonyl (C=O) groups excluding carboxylic acids is 1. The van der Waals surface area contributed by atoms with E-state index in [0.717, 1.165) is 40.1 Å². The third-order valence-corrected chi connectivity index (χ3v) is 5.80. The smallest absolute Gasteiger partial charge is 0.378 e. The second-order valence-electron chi connectivity index (χ2n) is 6.68. The van der Waals surface area contributed by atoms with E-state index in [4.69, 9.17) is 4.74 Å². The molecular weight excluding hydrogens is 403 g/mol. The van der Waals surface area contributed by atoms with Crippen LogP contribution in [-0.4, -0.2) is 37.9 Å². The van der Waals surface area contributed by atoms with Crippen LogP contribution in [0.4, 0.5) is 23.9 Å². The summed E-state index contributed by atoms with van der Waals surface area (Å²) in [7, 11) is 0. The summed E-state index contributed by atoms with van der Waals surface area (Å²) in [6.07, 6.45) is -2.74. The zero-order valence-electron chi connectivity index (χ0n) is 15.6. The lowest BCUT2D eigenvalue weighted by Crippen LogP contribution is -2.35. The summed E-state index contributed by atoms with van der Waals surface area (Å²) in [6.45, 7) is 4.68. The number of anilines is 2. The fraction of sp³-hybridized carbons (Fsp3) is 0.300. The van der Waals surface area contributed by atoms with Gasteiger partial charge in [-0.05, 0) is 43.3 Å². The number of hydrogen-bond acceptors (Lipinski definition) is 5. The molecule has 0 atom stereocenters. The van der Waals surface area contributed by atoms with E-state index < -0.39 is 17.6 Å². The minimum atomic E-state index is -4.48. The van der Waals surface area contributed by atoms with E-state index in [1.165, 1.54) is 12.1 Å². The van der Waals surface area contributed by atoms with Crippen LogP contribution in [0, 0.1) is 0 Å². The van der Waals surface area contributed by atoms with E-state index in [1.54, 1.807) is 24.3 Å². The molecule has 29 heavy (non-hydrogen) atoms. The highest BCUT2D eigenvalue weighted by atomic mass is 32.1. The fourth-order valence-electron chi connectivity index (χ4n) is 3.19. The minimum absolute atomic E-state index is 0.0905. The number of nitrogens with zero attached hydrogens (tertiary/aromatic N) is 3. The van der Waals surface area contributed by atoms with Gasteiger partial charge in [0.05, 0.1) is 40.8 Å². The molecule has 0 radical (unpaired) electrons. The van der Waals surface area contributed by atoms with Crippen molar-refractivity contribution in [3.8, 4) is 0 Å². The molecule has 152 valence electrons. The lowest BCUT2D eigenvalue weighted by Gasteiger charge is -2.27. The molecule has 1 aromatic carbocycles. The molecule has 1 amide bonds. The van der Waals surface area contributed by atoms with Gasteiger partial charge in [-0.15, -0.1) is 11.3 Å². The third kappa shape index (κ3) is 4.06. The summed E-state index contributed by atoms with van der Waals surface area (Å²) in [5.74, 6) is -0.442. The molecule has 2 aliphatic heterocycles. The number of morpholine rings is 1. The summed E-state index contributed by atoms with van der Waals surface area (Å²) in [4.78, 5) is 15.9. The topological polar surface area (TPSA) is 45.1 Å². The van der Waals surface area contributed by atoms with Gasteiger partial charge in [-0.3, -0.25) is 4.79 Å². The van der Waals surface area contributed by atoms with Gasteiger partial charge in [0.2, 0.25) is 0 Å². The van der Waals surface area contributed by atoms with E-state index in [-0.39, 0.29) is 5.69 Å². The zero-order chi connectivity index (χ0) is 20.6. The molecule has 1 fully saturated rings. The Kier molecular flexibility index (Phi) is 5.18. The summed E-state index contributed by atoms with van der Waals surface area (Å²) >= 11 is 1.55. The van der Waals surface area contributed by atoms with E-state index in [0.29, 0.717) is 24.5 Å². The number of amides is 1. The Balaban J connectivity index is 1.57. The SMILES string of the molecule is CC1=NN(c2cccc(C(F)(F)F)c2)C(=O)/C1=C\c1ccc(N2CCOCC2)s1. The number of thiophene rings is 1. The molecule has 1 aromatic heterocycles. The highest BCUT2D eigenvalue weighted by Crippen LogP contribution is 2.34. The quantitative estimate of drug-likeness (QED) is 0.690. The number of hydrazone groups is 1. The molecule has 2 aromatic rings. The van der Waals surface area contributed by atoms with Crippen LogP contribution >= 0.6 is 11.3 Å². The van der Waals surface area contributed by atoms with Gasteiger partial charge in [-0.25, -0.2) is 0 Å². The zero-order valence-corrected chi connectivity index (χ0v) is 16.4. The van der Waals surface area contributed by atoms with Crippen molar-refractivity contribution in [1.29, 1.82) is 0 Å². The van der Waals surface area contributed by atoms with Gasteiger partial charge in [0.1, 0.15) is 0 Å². The van der Waals surface area contributed by atoms with Crippen LogP contribution in [0.3, 0.4) is 0 Å². The first-order valence-corrected chi connectivity index (χ1v) is 9.86. The first-order valence-electron chi connectivity index (χ1n) is 9.04. The van der Waals surface area contributed by atoms with Crippen LogP contribution in [0.25, 0.3) is 6.08 Å². The maximum absolute atomic E-state index is 13.0. The average molecular weight is 421 g/mol. The number of carbonyl (C=O) groups is 1. The van der Waals surface area contributed by atoms with Crippen molar-refractivity contribution in [2.75, 3.05) is 36.2 Å². The summed E-state index contributed by atoms with van der Waals surface area (Å²) in [5.41, 5.74) is 0.112. The molecule has 9 heteroatoms. The summed E-state index contributed by atoms with van der Waals surface area (Å²) < 4.78 is 44.3. The van der Waals surface area contributed by atoms with Gasteiger partial charge in [-0.1, -0.05) is 6.07 Å². The van der Waals surface area contributed by atoms with Crippen molar-refractivity contribution in [3.05, 3.63) is 52.4 Å². The number of halogens is 3. The van der Waals surface area contributed by atoms with Gasteiger partial charge >= 0.3 is 6.18 Å². The first kappa shape index (κ1) is 19.7. The number of benzene rings is 1. The first-order chi connectivity index (χ1) is 13.8. The van der Waals surface area contributed by atoms with Gasteiger partial charge in [0.15, 0.2) is 0 Å². The second kappa shape index (κ2) is 7.64. The maximum atomic E-state index is 13.0. The van der Waals surface area contributed by atoms with Crippen LogP contribution in [0.5, 0.6) is 0 Å². The molecule has 0 unspecified atom stereocenters. The normalized spacial score (nSPS) is 19.2. The highest BCUT2D eigenvalue weighted by molar-refractivity contribution is 7.17. The predicted molar refractivity (Wildman–Crippen MR) is 107 cm³/mol. The van der Waals surface area contributed by atoms with Crippen LogP contribution in [0.15, 0.2) is 47.1 Å². The Labute approximate surface area is 169 Å². The predicted octanol–water partition coefficient (Wildman–Crippen LogP) is 4.41. The van der Waals surface area contributed by atoms with Crippen LogP contribution in [-0.2, 0) is 15.7 Å². The molecule has 0 N–H and O–H groups in total. The Hall–Kier alpha value is -2.65. The molecule has 1 saturated heterocycles. The van der Waals surface area contributed by atoms with Crippen molar-refractivity contribution >= 4 is 39.7 Å². The van der Waals surface area contributed by atoms with Gasteiger partial charge in [0.25, 0.3) is 5.91 Å². The maximum Gasteiger partial charge on any atom is 0.416 e. The van der Waals surface area contributed by atoms with Crippen molar-refractivity contribution in [2.45, 2.75) is 13.1 Å². The summed E-state index contributed by atoms with van der Waals surface area (Å²) in [5, 5.41) is 6.29. The highest BCUT2D eigenvalue weighted by Gasteiger charge is 2.33. The number of alkyl halides is 3. The molecule has 2 aliphatic rings. The Morgan fingerprint density at radius 3 is 2.66 bits per heavy atom. The Morgan fingerprint density at radius 1 is 1.17 bits per heavy atom. The van der Waals surface area contributed by atoms with E-state index >= 15 is 0 Å². The number of rotatable bonds is 3. The lowest BCUT2D eigenvalue weighted by atomic mass is 10.1. The second-order valence-corrected chi connectivity index (χ2v) is 7.78. The number of hydrogen-bond donors (Lipinski definition) is 0. The van der Waals surface area contributed by atoms with Gasteiger partial charge in [-0.2, -0.15) is 23.3 Å². The van der Waals surface area contributed by atoms with Crippen LogP contribution < -0.4 is 9.91 Å². The van der Waals surface area contributed by atoms with Crippen molar-refractivity contribution in [2.24, 2.45) is 5.10 Å². The van der Waals surface area contributed by atoms with E-state index in [2.05, 4.69) is 10.0 Å². The van der Waals surface area contributed by atoms with Crippen LogP contribution in [0.2, 0.25) is 0 Å². The molecule has 4 rings (SSSR count). The van der Waals surface area contributed by atoms with Crippen LogP contribution in [0.1, 0.15) is 17.4 Å². The molecule has 0 saturated carbocycles. The molecule has 5 nitrogen and oxygen atoms in total. The molecule has 0 aliphatic carbocycles. The molecule has 3 heterocycles. The third-order valence-electron chi connectivity index (χ3n) is 4.70.